The lowest BCUT2D eigenvalue weighted by molar-refractivity contribution is 0.549. The molecule has 0 aliphatic rings. The molecule has 0 radical (unpaired) electrons. The third kappa shape index (κ3) is 2.77. The number of hydrogen-bond donors (Lipinski definition) is 1. The maximum Gasteiger partial charge on any atom is 0.0897 e. The SMILES string of the molecule is CCNC(Cc1csc(C)n1)c1cccc2ccsc12. The van der Waals surface area contributed by atoms with Gasteiger partial charge in [0.25, 0.3) is 0 Å². The zero-order chi connectivity index (χ0) is 13.9. The van der Waals surface area contributed by atoms with Crippen LogP contribution in [0.4, 0.5) is 0 Å². The second-order valence-electron chi connectivity index (χ2n) is 4.86. The van der Waals surface area contributed by atoms with Gasteiger partial charge in [0.2, 0.25) is 0 Å². The standard InChI is InChI=1S/C16H18N2S2/c1-3-17-15(9-13-10-20-11(2)18-13)14-6-4-5-12-7-8-19-16(12)14/h4-8,10,15,17H,3,9H2,1-2H3. The number of rotatable bonds is 5. The Balaban J connectivity index is 1.95. The first-order valence-electron chi connectivity index (χ1n) is 6.88. The Kier molecular flexibility index (Phi) is 4.15. The van der Waals surface area contributed by atoms with Gasteiger partial charge < -0.3 is 5.32 Å². The average molecular weight is 302 g/mol. The van der Waals surface area contributed by atoms with Crippen LogP contribution in [0.15, 0.2) is 35.0 Å². The van der Waals surface area contributed by atoms with Crippen LogP contribution in [-0.2, 0) is 6.42 Å². The van der Waals surface area contributed by atoms with E-state index in [1.54, 1.807) is 11.3 Å². The lowest BCUT2D eigenvalue weighted by Gasteiger charge is -2.18. The van der Waals surface area contributed by atoms with Crippen molar-refractivity contribution in [3.05, 3.63) is 51.3 Å². The van der Waals surface area contributed by atoms with E-state index >= 15 is 0 Å². The van der Waals surface area contributed by atoms with Gasteiger partial charge >= 0.3 is 0 Å². The van der Waals surface area contributed by atoms with Crippen molar-refractivity contribution < 1.29 is 0 Å². The molecular weight excluding hydrogens is 284 g/mol. The Labute approximate surface area is 127 Å². The van der Waals surface area contributed by atoms with Crippen LogP contribution in [0, 0.1) is 6.92 Å². The van der Waals surface area contributed by atoms with Gasteiger partial charge in [-0.2, -0.15) is 0 Å². The van der Waals surface area contributed by atoms with Gasteiger partial charge in [-0.15, -0.1) is 22.7 Å². The lowest BCUT2D eigenvalue weighted by Crippen LogP contribution is -2.23. The van der Waals surface area contributed by atoms with Crippen molar-refractivity contribution in [2.45, 2.75) is 26.3 Å². The normalized spacial score (nSPS) is 12.9. The van der Waals surface area contributed by atoms with Crippen LogP contribution in [0.2, 0.25) is 0 Å². The number of nitrogens with zero attached hydrogens (tertiary/aromatic N) is 1. The highest BCUT2D eigenvalue weighted by molar-refractivity contribution is 7.17. The number of fused-ring (bicyclic) bond motifs is 1. The summed E-state index contributed by atoms with van der Waals surface area (Å²) in [6.45, 7) is 5.19. The van der Waals surface area contributed by atoms with E-state index in [1.807, 2.05) is 11.3 Å². The fourth-order valence-corrected chi connectivity index (χ4v) is 4.13. The Morgan fingerprint density at radius 3 is 2.90 bits per heavy atom. The van der Waals surface area contributed by atoms with Gasteiger partial charge in [0.05, 0.1) is 10.7 Å². The molecular formula is C16H18N2S2. The van der Waals surface area contributed by atoms with Crippen molar-refractivity contribution in [3.8, 4) is 0 Å². The molecule has 2 aromatic heterocycles. The number of nitrogens with one attached hydrogen (secondary N) is 1. The molecule has 3 rings (SSSR count). The molecule has 104 valence electrons. The molecule has 20 heavy (non-hydrogen) atoms. The fourth-order valence-electron chi connectivity index (χ4n) is 2.54. The predicted molar refractivity (Wildman–Crippen MR) is 88.8 cm³/mol. The number of aromatic nitrogens is 1. The van der Waals surface area contributed by atoms with E-state index in [9.17, 15) is 0 Å². The largest absolute Gasteiger partial charge is 0.310 e. The number of thiophene rings is 1. The predicted octanol–water partition coefficient (Wildman–Crippen LogP) is 4.56. The van der Waals surface area contributed by atoms with E-state index in [0.29, 0.717) is 6.04 Å². The molecule has 0 bridgehead atoms. The monoisotopic (exact) mass is 302 g/mol. The number of benzene rings is 1. The molecule has 0 fully saturated rings. The third-order valence-electron chi connectivity index (χ3n) is 3.42. The minimum Gasteiger partial charge on any atom is -0.310 e. The molecule has 0 aliphatic heterocycles. The van der Waals surface area contributed by atoms with Gasteiger partial charge in [-0.25, -0.2) is 4.98 Å². The highest BCUT2D eigenvalue weighted by atomic mass is 32.1. The lowest BCUT2D eigenvalue weighted by atomic mass is 10.0. The second kappa shape index (κ2) is 6.04. The smallest absolute Gasteiger partial charge is 0.0897 e. The quantitative estimate of drug-likeness (QED) is 0.747. The first-order chi connectivity index (χ1) is 9.78. The van der Waals surface area contributed by atoms with E-state index in [1.165, 1.54) is 21.3 Å². The summed E-state index contributed by atoms with van der Waals surface area (Å²) in [6, 6.07) is 9.11. The minimum atomic E-state index is 0.337. The molecule has 0 saturated carbocycles. The topological polar surface area (TPSA) is 24.9 Å². The van der Waals surface area contributed by atoms with Crippen LogP contribution in [-0.4, -0.2) is 11.5 Å². The van der Waals surface area contributed by atoms with Crippen LogP contribution in [0.25, 0.3) is 10.1 Å². The van der Waals surface area contributed by atoms with Gasteiger partial charge in [-0.1, -0.05) is 25.1 Å². The van der Waals surface area contributed by atoms with E-state index in [2.05, 4.69) is 59.2 Å². The van der Waals surface area contributed by atoms with Crippen LogP contribution >= 0.6 is 22.7 Å². The molecule has 1 aromatic carbocycles. The van der Waals surface area contributed by atoms with Gasteiger partial charge in [0.15, 0.2) is 0 Å². The van der Waals surface area contributed by atoms with E-state index in [0.717, 1.165) is 18.0 Å². The maximum absolute atomic E-state index is 4.61. The van der Waals surface area contributed by atoms with Crippen LogP contribution in [0.3, 0.4) is 0 Å². The third-order valence-corrected chi connectivity index (χ3v) is 5.22. The molecule has 2 heterocycles. The average Bonchev–Trinajstić information content (AvgIpc) is 3.06. The van der Waals surface area contributed by atoms with E-state index in [4.69, 9.17) is 0 Å². The summed E-state index contributed by atoms with van der Waals surface area (Å²) in [6.07, 6.45) is 0.954. The van der Waals surface area contributed by atoms with Crippen LogP contribution in [0.5, 0.6) is 0 Å². The summed E-state index contributed by atoms with van der Waals surface area (Å²) >= 11 is 3.55. The van der Waals surface area contributed by atoms with Crippen molar-refractivity contribution in [2.24, 2.45) is 0 Å². The number of thiazole rings is 1. The molecule has 4 heteroatoms. The summed E-state index contributed by atoms with van der Waals surface area (Å²) in [7, 11) is 0. The summed E-state index contributed by atoms with van der Waals surface area (Å²) < 4.78 is 1.39. The molecule has 0 aliphatic carbocycles. The van der Waals surface area contributed by atoms with E-state index < -0.39 is 0 Å². The Bertz CT molecular complexity index is 699. The van der Waals surface area contributed by atoms with Crippen molar-refractivity contribution in [1.29, 1.82) is 0 Å². The van der Waals surface area contributed by atoms with Gasteiger partial charge in [0, 0.05) is 22.5 Å². The Morgan fingerprint density at radius 1 is 1.25 bits per heavy atom. The molecule has 1 unspecified atom stereocenters. The molecule has 1 atom stereocenters. The summed E-state index contributed by atoms with van der Waals surface area (Å²) in [4.78, 5) is 4.61. The summed E-state index contributed by atoms with van der Waals surface area (Å²) in [5.41, 5.74) is 2.58. The molecule has 0 spiro atoms. The summed E-state index contributed by atoms with van der Waals surface area (Å²) in [5, 5.41) is 10.4. The Hall–Kier alpha value is -1.23. The number of aryl methyl sites for hydroxylation is 1. The number of likely N-dealkylation sites (N-methyl/N-ethyl adjacent to an activating group) is 1. The van der Waals surface area contributed by atoms with Gasteiger partial charge in [-0.3, -0.25) is 0 Å². The minimum absolute atomic E-state index is 0.337. The van der Waals surface area contributed by atoms with Crippen molar-refractivity contribution in [1.82, 2.24) is 10.3 Å². The van der Waals surface area contributed by atoms with Crippen molar-refractivity contribution in [2.75, 3.05) is 6.54 Å². The first kappa shape index (κ1) is 13.7. The van der Waals surface area contributed by atoms with Gasteiger partial charge in [-0.05, 0) is 35.9 Å². The van der Waals surface area contributed by atoms with E-state index in [-0.39, 0.29) is 0 Å². The van der Waals surface area contributed by atoms with Crippen molar-refractivity contribution in [3.63, 3.8) is 0 Å². The Morgan fingerprint density at radius 2 is 2.15 bits per heavy atom. The highest BCUT2D eigenvalue weighted by Crippen LogP contribution is 2.30. The van der Waals surface area contributed by atoms with Crippen LogP contribution in [0.1, 0.15) is 29.2 Å². The molecule has 3 aromatic rings. The first-order valence-corrected chi connectivity index (χ1v) is 8.64. The van der Waals surface area contributed by atoms with Gasteiger partial charge in [0.1, 0.15) is 0 Å². The highest BCUT2D eigenvalue weighted by Gasteiger charge is 2.16. The second-order valence-corrected chi connectivity index (χ2v) is 6.84. The molecule has 0 amide bonds. The maximum atomic E-state index is 4.61. The van der Waals surface area contributed by atoms with Crippen LogP contribution < -0.4 is 5.32 Å². The zero-order valence-electron chi connectivity index (χ0n) is 11.7. The van der Waals surface area contributed by atoms with Crippen molar-refractivity contribution >= 4 is 32.8 Å². The molecule has 2 nitrogen and oxygen atoms in total. The zero-order valence-corrected chi connectivity index (χ0v) is 13.4. The summed E-state index contributed by atoms with van der Waals surface area (Å²) in [5.74, 6) is 0. The molecule has 1 N–H and O–H groups in total. The molecule has 0 saturated heterocycles. The fraction of sp³-hybridized carbons (Fsp3) is 0.312. The number of hydrogen-bond acceptors (Lipinski definition) is 4.